The molecule has 7 heteroatoms. The van der Waals surface area contributed by atoms with Gasteiger partial charge in [-0.15, -0.1) is 0 Å². The highest BCUT2D eigenvalue weighted by atomic mass is 16.6. The molecule has 0 radical (unpaired) electrons. The van der Waals surface area contributed by atoms with Crippen molar-refractivity contribution in [1.29, 1.82) is 0 Å². The van der Waals surface area contributed by atoms with Gasteiger partial charge in [0.25, 0.3) is 0 Å². The van der Waals surface area contributed by atoms with Gasteiger partial charge in [-0.1, -0.05) is 54.2 Å². The van der Waals surface area contributed by atoms with E-state index in [4.69, 9.17) is 18.9 Å². The number of aliphatic hydroxyl groups excluding tert-OH is 2. The summed E-state index contributed by atoms with van der Waals surface area (Å²) in [7, 11) is 0. The van der Waals surface area contributed by atoms with Gasteiger partial charge in [0.05, 0.1) is 37.1 Å². The summed E-state index contributed by atoms with van der Waals surface area (Å²) in [6.07, 6.45) is 15.3. The SMILES string of the molecule is C=C1CCC[C@@H]2CC=C[C@@H](C/C=C/C(=O)O[C@H]([C@@H](O)/C=C/[C@@H]3CC(C)=CCO3)C[C@@H]3O[C@H]3C(O)C1)O2. The smallest absolute Gasteiger partial charge is 0.330 e. The van der Waals surface area contributed by atoms with E-state index >= 15 is 0 Å². The molecular weight excluding hydrogens is 460 g/mol. The van der Waals surface area contributed by atoms with Crippen LogP contribution >= 0.6 is 0 Å². The standard InChI is InChI=1S/C29H40O7/c1-19-6-3-7-21-8-4-9-22(34-21)10-5-11-28(32)35-26(18-27-29(36-27)25(31)17-19)24(30)13-12-23-16-20(2)14-15-33-23/h4-5,9,11-14,21-27,29-31H,1,3,6-8,10,15-18H2,2H3/b11-5+,13-12+/t21-,22+,23-,24+,25?,26+,27+,29+/m1/s1. The van der Waals surface area contributed by atoms with Crippen LogP contribution in [0, 0.1) is 0 Å². The fourth-order valence-electron chi connectivity index (χ4n) is 5.06. The van der Waals surface area contributed by atoms with Crippen molar-refractivity contribution in [3.63, 3.8) is 0 Å². The molecule has 0 aromatic heterocycles. The molecular formula is C29H40O7. The topological polar surface area (TPSA) is 97.8 Å². The van der Waals surface area contributed by atoms with E-state index in [1.54, 1.807) is 12.2 Å². The highest BCUT2D eigenvalue weighted by molar-refractivity contribution is 5.82. The molecule has 0 saturated carbocycles. The lowest BCUT2D eigenvalue weighted by molar-refractivity contribution is -0.148. The highest BCUT2D eigenvalue weighted by Crippen LogP contribution is 2.34. The second kappa shape index (κ2) is 13.0. The van der Waals surface area contributed by atoms with E-state index in [1.165, 1.54) is 11.6 Å². The van der Waals surface area contributed by atoms with Crippen LogP contribution in [-0.2, 0) is 23.7 Å². The first-order valence-corrected chi connectivity index (χ1v) is 13.2. The molecule has 1 fully saturated rings. The predicted molar refractivity (Wildman–Crippen MR) is 136 cm³/mol. The third-order valence-corrected chi connectivity index (χ3v) is 7.20. The first-order chi connectivity index (χ1) is 17.4. The van der Waals surface area contributed by atoms with Crippen LogP contribution in [0.4, 0.5) is 0 Å². The molecule has 4 aliphatic heterocycles. The predicted octanol–water partition coefficient (Wildman–Crippen LogP) is 3.86. The van der Waals surface area contributed by atoms with Crippen molar-refractivity contribution in [3.8, 4) is 0 Å². The van der Waals surface area contributed by atoms with Gasteiger partial charge in [0, 0.05) is 12.5 Å². The molecule has 0 amide bonds. The Hall–Kier alpha value is -2.03. The fraction of sp³-hybridized carbons (Fsp3) is 0.621. The summed E-state index contributed by atoms with van der Waals surface area (Å²) in [5, 5.41) is 21.5. The zero-order chi connectivity index (χ0) is 25.5. The van der Waals surface area contributed by atoms with Crippen molar-refractivity contribution in [2.24, 2.45) is 0 Å². The van der Waals surface area contributed by atoms with Gasteiger partial charge in [0.15, 0.2) is 0 Å². The molecule has 2 bridgehead atoms. The maximum atomic E-state index is 12.6. The Labute approximate surface area is 214 Å². The number of hydrogen-bond donors (Lipinski definition) is 2. The number of aliphatic hydroxyl groups is 2. The summed E-state index contributed by atoms with van der Waals surface area (Å²) in [6, 6.07) is 0. The minimum absolute atomic E-state index is 0.0744. The van der Waals surface area contributed by atoms with E-state index in [0.717, 1.165) is 37.7 Å². The number of cyclic esters (lactones) is 1. The minimum atomic E-state index is -1.02. The van der Waals surface area contributed by atoms with Crippen LogP contribution in [-0.4, -0.2) is 71.6 Å². The number of ether oxygens (including phenoxy) is 4. The Balaban J connectivity index is 1.43. The van der Waals surface area contributed by atoms with E-state index < -0.39 is 24.3 Å². The first kappa shape index (κ1) is 27.0. The summed E-state index contributed by atoms with van der Waals surface area (Å²) >= 11 is 0. The lowest BCUT2D eigenvalue weighted by Gasteiger charge is -2.25. The van der Waals surface area contributed by atoms with Gasteiger partial charge >= 0.3 is 5.97 Å². The number of carbonyl (C=O) groups is 1. The monoisotopic (exact) mass is 500 g/mol. The summed E-state index contributed by atoms with van der Waals surface area (Å²) in [5.41, 5.74) is 2.23. The molecule has 7 nitrogen and oxygen atoms in total. The highest BCUT2D eigenvalue weighted by Gasteiger charge is 2.46. The average molecular weight is 501 g/mol. The maximum Gasteiger partial charge on any atom is 0.330 e. The molecule has 0 aliphatic carbocycles. The van der Waals surface area contributed by atoms with Crippen molar-refractivity contribution in [2.45, 2.75) is 107 Å². The van der Waals surface area contributed by atoms with E-state index in [9.17, 15) is 15.0 Å². The molecule has 1 unspecified atom stereocenters. The summed E-state index contributed by atoms with van der Waals surface area (Å²) < 4.78 is 23.2. The second-order valence-electron chi connectivity index (χ2n) is 10.4. The van der Waals surface area contributed by atoms with Gasteiger partial charge < -0.3 is 29.2 Å². The zero-order valence-corrected chi connectivity index (χ0v) is 21.2. The maximum absolute atomic E-state index is 12.6. The molecule has 0 aromatic rings. The van der Waals surface area contributed by atoms with Gasteiger partial charge in [-0.3, -0.25) is 0 Å². The molecule has 1 saturated heterocycles. The third-order valence-electron chi connectivity index (χ3n) is 7.20. The van der Waals surface area contributed by atoms with Crippen molar-refractivity contribution in [1.82, 2.24) is 0 Å². The molecule has 4 aliphatic rings. The van der Waals surface area contributed by atoms with Gasteiger partial charge in [0.2, 0.25) is 0 Å². The molecule has 4 heterocycles. The fourth-order valence-corrected chi connectivity index (χ4v) is 5.06. The lowest BCUT2D eigenvalue weighted by atomic mass is 9.97. The van der Waals surface area contributed by atoms with Gasteiger partial charge in [-0.05, 0) is 51.9 Å². The summed E-state index contributed by atoms with van der Waals surface area (Å²) in [5.74, 6) is -0.524. The molecule has 36 heavy (non-hydrogen) atoms. The number of fused-ring (bicyclic) bond motifs is 3. The number of epoxide rings is 1. The lowest BCUT2D eigenvalue weighted by Crippen LogP contribution is -2.32. The number of hydrogen-bond acceptors (Lipinski definition) is 7. The van der Waals surface area contributed by atoms with Crippen LogP contribution < -0.4 is 0 Å². The Morgan fingerprint density at radius 2 is 2.06 bits per heavy atom. The molecule has 0 spiro atoms. The second-order valence-corrected chi connectivity index (χ2v) is 10.4. The normalized spacial score (nSPS) is 38.3. The molecule has 0 aromatic carbocycles. The Bertz CT molecular complexity index is 888. The minimum Gasteiger partial charge on any atom is -0.456 e. The Kier molecular flexibility index (Phi) is 9.73. The summed E-state index contributed by atoms with van der Waals surface area (Å²) in [4.78, 5) is 12.6. The zero-order valence-electron chi connectivity index (χ0n) is 21.2. The Morgan fingerprint density at radius 1 is 1.19 bits per heavy atom. The molecule has 8 atom stereocenters. The van der Waals surface area contributed by atoms with E-state index in [-0.39, 0.29) is 30.5 Å². The third kappa shape index (κ3) is 8.25. The van der Waals surface area contributed by atoms with Crippen molar-refractivity contribution in [3.05, 3.63) is 60.3 Å². The van der Waals surface area contributed by atoms with Gasteiger partial charge in [-0.25, -0.2) is 4.79 Å². The van der Waals surface area contributed by atoms with Crippen LogP contribution in [0.2, 0.25) is 0 Å². The van der Waals surface area contributed by atoms with E-state index in [2.05, 4.69) is 19.6 Å². The molecule has 2 N–H and O–H groups in total. The van der Waals surface area contributed by atoms with Crippen LogP contribution in [0.5, 0.6) is 0 Å². The number of rotatable bonds is 3. The van der Waals surface area contributed by atoms with Crippen molar-refractivity contribution >= 4 is 5.97 Å². The number of carbonyl (C=O) groups excluding carboxylic acids is 1. The molecule has 198 valence electrons. The Morgan fingerprint density at radius 3 is 2.89 bits per heavy atom. The van der Waals surface area contributed by atoms with Crippen LogP contribution in [0.3, 0.4) is 0 Å². The van der Waals surface area contributed by atoms with Crippen LogP contribution in [0.25, 0.3) is 0 Å². The van der Waals surface area contributed by atoms with Gasteiger partial charge in [-0.2, -0.15) is 0 Å². The van der Waals surface area contributed by atoms with Crippen LogP contribution in [0.15, 0.2) is 60.3 Å². The van der Waals surface area contributed by atoms with E-state index in [0.29, 0.717) is 25.9 Å². The largest absolute Gasteiger partial charge is 0.456 e. The van der Waals surface area contributed by atoms with Crippen molar-refractivity contribution < 1.29 is 34.0 Å². The average Bonchev–Trinajstić information content (AvgIpc) is 3.61. The summed E-state index contributed by atoms with van der Waals surface area (Å²) in [6.45, 7) is 6.74. The van der Waals surface area contributed by atoms with Gasteiger partial charge in [0.1, 0.15) is 18.3 Å². The quantitative estimate of drug-likeness (QED) is 0.345. The first-order valence-electron chi connectivity index (χ1n) is 13.2. The number of esters is 1. The molecule has 4 rings (SSSR count). The van der Waals surface area contributed by atoms with Crippen molar-refractivity contribution in [2.75, 3.05) is 6.61 Å². The van der Waals surface area contributed by atoms with Crippen LogP contribution in [0.1, 0.15) is 58.3 Å². The van der Waals surface area contributed by atoms with E-state index in [1.807, 2.05) is 18.2 Å².